The number of hydrogen-bond acceptors (Lipinski definition) is 6. The van der Waals surface area contributed by atoms with Crippen molar-refractivity contribution in [1.29, 1.82) is 0 Å². The summed E-state index contributed by atoms with van der Waals surface area (Å²) in [5.74, 6) is 0.139. The van der Waals surface area contributed by atoms with Gasteiger partial charge >= 0.3 is 5.97 Å². The van der Waals surface area contributed by atoms with Crippen molar-refractivity contribution in [2.75, 3.05) is 7.11 Å². The highest BCUT2D eigenvalue weighted by molar-refractivity contribution is 5.70. The molecule has 0 saturated carbocycles. The molecule has 0 aliphatic carbocycles. The number of rotatable bonds is 6. The number of carbonyl (C=O) groups excluding carboxylic acids is 1. The molecule has 0 radical (unpaired) electrons. The molecule has 0 N–H and O–H groups in total. The molecule has 9 nitrogen and oxygen atoms in total. The second-order valence-corrected chi connectivity index (χ2v) is 6.61. The van der Waals surface area contributed by atoms with Gasteiger partial charge in [0.15, 0.2) is 0 Å². The summed E-state index contributed by atoms with van der Waals surface area (Å²) in [7, 11) is 1.31. The van der Waals surface area contributed by atoms with Crippen LogP contribution in [0.3, 0.4) is 0 Å². The molecule has 132 valence electrons. The average Bonchev–Trinajstić information content (AvgIpc) is 3.06. The van der Waals surface area contributed by atoms with E-state index in [0.717, 1.165) is 11.1 Å². The SMILES string of the molecule is COC(=O)C[C@@H](Cc1ccc(-c2nnn(C(C)(C)C)n2)cc1)N=[N+]=[N-]. The molecular weight excluding hydrogens is 322 g/mol. The summed E-state index contributed by atoms with van der Waals surface area (Å²) in [6.07, 6.45) is 0.491. The number of carbonyl (C=O) groups is 1. The highest BCUT2D eigenvalue weighted by Crippen LogP contribution is 2.19. The first kappa shape index (κ1) is 18.4. The predicted molar refractivity (Wildman–Crippen MR) is 91.5 cm³/mol. The molecule has 1 heterocycles. The first-order valence-electron chi connectivity index (χ1n) is 7.84. The summed E-state index contributed by atoms with van der Waals surface area (Å²) in [6, 6.07) is 7.06. The maximum atomic E-state index is 11.4. The second-order valence-electron chi connectivity index (χ2n) is 6.61. The Morgan fingerprint density at radius 2 is 2.04 bits per heavy atom. The summed E-state index contributed by atoms with van der Waals surface area (Å²) in [6.45, 7) is 6.00. The topological polar surface area (TPSA) is 119 Å². The third-order valence-electron chi connectivity index (χ3n) is 3.54. The Labute approximate surface area is 145 Å². The number of esters is 1. The van der Waals surface area contributed by atoms with Gasteiger partial charge in [0, 0.05) is 10.5 Å². The number of methoxy groups -OCH3 is 1. The van der Waals surface area contributed by atoms with Gasteiger partial charge in [0.1, 0.15) is 0 Å². The smallest absolute Gasteiger partial charge is 0.305 e. The molecule has 0 spiro atoms. The minimum absolute atomic E-state index is 0.0454. The summed E-state index contributed by atoms with van der Waals surface area (Å²) in [4.78, 5) is 15.7. The lowest BCUT2D eigenvalue weighted by Crippen LogP contribution is -2.24. The van der Waals surface area contributed by atoms with Crippen molar-refractivity contribution < 1.29 is 9.53 Å². The number of hydrogen-bond donors (Lipinski definition) is 0. The molecule has 1 atom stereocenters. The first-order valence-corrected chi connectivity index (χ1v) is 7.84. The van der Waals surface area contributed by atoms with Crippen LogP contribution < -0.4 is 0 Å². The van der Waals surface area contributed by atoms with Crippen LogP contribution in [-0.4, -0.2) is 39.3 Å². The molecule has 0 saturated heterocycles. The summed E-state index contributed by atoms with van der Waals surface area (Å²) < 4.78 is 4.62. The predicted octanol–water partition coefficient (Wildman–Crippen LogP) is 2.88. The number of aromatic nitrogens is 4. The van der Waals surface area contributed by atoms with E-state index in [4.69, 9.17) is 5.53 Å². The molecule has 0 bridgehead atoms. The molecule has 9 heteroatoms. The molecule has 0 unspecified atom stereocenters. The van der Waals surface area contributed by atoms with Crippen LogP contribution in [-0.2, 0) is 21.5 Å². The fourth-order valence-electron chi connectivity index (χ4n) is 2.18. The zero-order valence-corrected chi connectivity index (χ0v) is 14.7. The van der Waals surface area contributed by atoms with Crippen LogP contribution >= 0.6 is 0 Å². The van der Waals surface area contributed by atoms with Gasteiger partial charge in [-0.1, -0.05) is 29.4 Å². The largest absolute Gasteiger partial charge is 0.469 e. The molecule has 0 aliphatic heterocycles. The number of nitrogens with zero attached hydrogens (tertiary/aromatic N) is 7. The maximum absolute atomic E-state index is 11.4. The van der Waals surface area contributed by atoms with E-state index in [-0.39, 0.29) is 12.0 Å². The van der Waals surface area contributed by atoms with Crippen LogP contribution in [0.15, 0.2) is 29.4 Å². The van der Waals surface area contributed by atoms with Gasteiger partial charge in [-0.05, 0) is 43.5 Å². The Balaban J connectivity index is 2.12. The summed E-state index contributed by atoms with van der Waals surface area (Å²) in [5.41, 5.74) is 10.2. The van der Waals surface area contributed by atoms with Crippen molar-refractivity contribution in [3.05, 3.63) is 40.3 Å². The summed E-state index contributed by atoms with van der Waals surface area (Å²) in [5, 5.41) is 16.2. The zero-order chi connectivity index (χ0) is 18.4. The first-order chi connectivity index (χ1) is 11.8. The van der Waals surface area contributed by atoms with Gasteiger partial charge in [-0.2, -0.15) is 4.80 Å². The zero-order valence-electron chi connectivity index (χ0n) is 14.7. The van der Waals surface area contributed by atoms with Crippen molar-refractivity contribution >= 4 is 5.97 Å². The lowest BCUT2D eigenvalue weighted by Gasteiger charge is -2.15. The van der Waals surface area contributed by atoms with Gasteiger partial charge in [-0.3, -0.25) is 4.79 Å². The normalized spacial score (nSPS) is 12.3. The van der Waals surface area contributed by atoms with Gasteiger partial charge in [-0.25, -0.2) is 0 Å². The van der Waals surface area contributed by atoms with E-state index < -0.39 is 12.0 Å². The lowest BCUT2D eigenvalue weighted by atomic mass is 10.0. The standard InChI is InChI=1S/C16H21N7O2/c1-16(2,3)23-20-15(19-22-23)12-7-5-11(6-8-12)9-13(18-21-17)10-14(24)25-4/h5-8,13H,9-10H2,1-4H3/t13-/m1/s1. The van der Waals surface area contributed by atoms with Gasteiger partial charge in [0.25, 0.3) is 0 Å². The van der Waals surface area contributed by atoms with Crippen molar-refractivity contribution in [1.82, 2.24) is 20.2 Å². The van der Waals surface area contributed by atoms with E-state index in [1.54, 1.807) is 4.80 Å². The number of ether oxygens (including phenoxy) is 1. The molecule has 25 heavy (non-hydrogen) atoms. The number of tetrazole rings is 1. The fourth-order valence-corrected chi connectivity index (χ4v) is 2.18. The van der Waals surface area contributed by atoms with Crippen molar-refractivity contribution in [3.63, 3.8) is 0 Å². The van der Waals surface area contributed by atoms with E-state index >= 15 is 0 Å². The van der Waals surface area contributed by atoms with E-state index in [9.17, 15) is 4.79 Å². The van der Waals surface area contributed by atoms with Crippen molar-refractivity contribution in [2.24, 2.45) is 5.11 Å². The summed E-state index contributed by atoms with van der Waals surface area (Å²) >= 11 is 0. The lowest BCUT2D eigenvalue weighted by molar-refractivity contribution is -0.140. The Bertz CT molecular complexity index is 771. The minimum Gasteiger partial charge on any atom is -0.469 e. The van der Waals surface area contributed by atoms with Gasteiger partial charge < -0.3 is 4.74 Å². The van der Waals surface area contributed by atoms with E-state index in [1.165, 1.54) is 7.11 Å². The van der Waals surface area contributed by atoms with Gasteiger partial charge in [0.2, 0.25) is 5.82 Å². The second kappa shape index (κ2) is 7.76. The van der Waals surface area contributed by atoms with Crippen LogP contribution in [0, 0.1) is 0 Å². The third kappa shape index (κ3) is 5.02. The van der Waals surface area contributed by atoms with E-state index in [2.05, 4.69) is 30.2 Å². The molecule has 1 aromatic heterocycles. The van der Waals surface area contributed by atoms with Crippen LogP contribution in [0.2, 0.25) is 0 Å². The van der Waals surface area contributed by atoms with Gasteiger partial charge in [0.05, 0.1) is 25.1 Å². The number of benzene rings is 1. The maximum Gasteiger partial charge on any atom is 0.305 e. The Morgan fingerprint density at radius 1 is 1.36 bits per heavy atom. The molecule has 2 rings (SSSR count). The Morgan fingerprint density at radius 3 is 2.56 bits per heavy atom. The van der Waals surface area contributed by atoms with Crippen LogP contribution in [0.1, 0.15) is 32.8 Å². The van der Waals surface area contributed by atoms with Crippen LogP contribution in [0.4, 0.5) is 0 Å². The molecule has 0 amide bonds. The van der Waals surface area contributed by atoms with E-state index in [1.807, 2.05) is 45.0 Å². The monoisotopic (exact) mass is 343 g/mol. The average molecular weight is 343 g/mol. The molecule has 0 fully saturated rings. The van der Waals surface area contributed by atoms with Crippen molar-refractivity contribution in [2.45, 2.75) is 45.2 Å². The number of azide groups is 1. The quantitative estimate of drug-likeness (QED) is 0.346. The van der Waals surface area contributed by atoms with Crippen molar-refractivity contribution in [3.8, 4) is 11.4 Å². The highest BCUT2D eigenvalue weighted by Gasteiger charge is 2.18. The Hall–Kier alpha value is -2.93. The van der Waals surface area contributed by atoms with Gasteiger partial charge in [-0.15, -0.1) is 10.2 Å². The molecule has 0 aliphatic rings. The van der Waals surface area contributed by atoms with Crippen LogP contribution in [0.25, 0.3) is 21.8 Å². The fraction of sp³-hybridized carbons (Fsp3) is 0.500. The molecule has 2 aromatic rings. The minimum atomic E-state index is -0.483. The highest BCUT2D eigenvalue weighted by atomic mass is 16.5. The molecule has 1 aromatic carbocycles. The Kier molecular flexibility index (Phi) is 5.71. The van der Waals surface area contributed by atoms with Crippen LogP contribution in [0.5, 0.6) is 0 Å². The van der Waals surface area contributed by atoms with E-state index in [0.29, 0.717) is 12.2 Å². The third-order valence-corrected chi connectivity index (χ3v) is 3.54. The molecular formula is C16H21N7O2.